The Labute approximate surface area is 127 Å². The van der Waals surface area contributed by atoms with E-state index in [9.17, 15) is 19.2 Å². The van der Waals surface area contributed by atoms with E-state index in [1.807, 2.05) is 0 Å². The van der Waals surface area contributed by atoms with Crippen molar-refractivity contribution in [2.75, 3.05) is 26.4 Å². The Hall–Kier alpha value is -2.64. The molecule has 0 fully saturated rings. The van der Waals surface area contributed by atoms with Crippen molar-refractivity contribution < 1.29 is 38.1 Å². The van der Waals surface area contributed by atoms with Crippen LogP contribution in [0.3, 0.4) is 0 Å². The summed E-state index contributed by atoms with van der Waals surface area (Å²) in [4.78, 5) is 44.4. The zero-order chi connectivity index (χ0) is 17.1. The predicted octanol–water partition coefficient (Wildman–Crippen LogP) is 0.311. The molecule has 0 N–H and O–H groups in total. The van der Waals surface area contributed by atoms with E-state index in [-0.39, 0.29) is 37.6 Å². The Kier molecular flexibility index (Phi) is 8.92. The standard InChI is InChI=1S/C14H18O8/c1-9(2)11(15)19-5-7-21-13(17)14(18)22-8-6-20-12(16)10(3)4/h1,3,5-8H2,2,4H3. The largest absolute Gasteiger partial charge is 0.459 e. The minimum absolute atomic E-state index is 0.204. The second kappa shape index (κ2) is 10.1. The maximum atomic E-state index is 11.2. The van der Waals surface area contributed by atoms with Gasteiger partial charge in [-0.25, -0.2) is 19.2 Å². The molecule has 0 spiro atoms. The van der Waals surface area contributed by atoms with Gasteiger partial charge >= 0.3 is 23.9 Å². The lowest BCUT2D eigenvalue weighted by atomic mass is 10.4. The van der Waals surface area contributed by atoms with Crippen molar-refractivity contribution >= 4 is 23.9 Å². The summed E-state index contributed by atoms with van der Waals surface area (Å²) in [6, 6.07) is 0. The smallest absolute Gasteiger partial charge is 0.417 e. The van der Waals surface area contributed by atoms with Gasteiger partial charge in [0.05, 0.1) is 0 Å². The molecule has 0 atom stereocenters. The van der Waals surface area contributed by atoms with Gasteiger partial charge in [0.15, 0.2) is 0 Å². The van der Waals surface area contributed by atoms with E-state index < -0.39 is 23.9 Å². The van der Waals surface area contributed by atoms with Crippen molar-refractivity contribution in [3.05, 3.63) is 24.3 Å². The monoisotopic (exact) mass is 314 g/mol. The van der Waals surface area contributed by atoms with E-state index in [2.05, 4.69) is 32.1 Å². The normalized spacial score (nSPS) is 9.36. The van der Waals surface area contributed by atoms with E-state index in [1.54, 1.807) is 0 Å². The maximum absolute atomic E-state index is 11.2. The second-order valence-corrected chi connectivity index (χ2v) is 4.10. The molecule has 0 aliphatic heterocycles. The van der Waals surface area contributed by atoms with Crippen LogP contribution in [0.25, 0.3) is 0 Å². The summed E-state index contributed by atoms with van der Waals surface area (Å²) in [5.74, 6) is -3.73. The number of carbonyl (C=O) groups is 4. The second-order valence-electron chi connectivity index (χ2n) is 4.10. The summed E-state index contributed by atoms with van der Waals surface area (Å²) in [7, 11) is 0. The van der Waals surface area contributed by atoms with Gasteiger partial charge in [0.25, 0.3) is 0 Å². The SMILES string of the molecule is C=C(C)C(=O)OCCOC(=O)C(=O)OCCOC(=O)C(=C)C. The fourth-order valence-corrected chi connectivity index (χ4v) is 0.902. The molecule has 0 aromatic heterocycles. The first-order valence-electron chi connectivity index (χ1n) is 6.24. The van der Waals surface area contributed by atoms with Crippen molar-refractivity contribution in [1.82, 2.24) is 0 Å². The van der Waals surface area contributed by atoms with Crippen molar-refractivity contribution in [1.29, 1.82) is 0 Å². The van der Waals surface area contributed by atoms with Crippen molar-refractivity contribution in [2.45, 2.75) is 13.8 Å². The van der Waals surface area contributed by atoms with Crippen LogP contribution >= 0.6 is 0 Å². The highest BCUT2D eigenvalue weighted by molar-refractivity contribution is 6.29. The molecule has 0 aromatic carbocycles. The van der Waals surface area contributed by atoms with Crippen LogP contribution in [-0.4, -0.2) is 50.3 Å². The van der Waals surface area contributed by atoms with E-state index in [1.165, 1.54) is 13.8 Å². The molecule has 0 unspecified atom stereocenters. The van der Waals surface area contributed by atoms with Crippen LogP contribution in [0.15, 0.2) is 24.3 Å². The Morgan fingerprint density at radius 3 is 1.05 bits per heavy atom. The van der Waals surface area contributed by atoms with E-state index in [4.69, 9.17) is 0 Å². The Morgan fingerprint density at radius 2 is 0.818 bits per heavy atom. The lowest BCUT2D eigenvalue weighted by molar-refractivity contribution is -0.170. The number of hydrogen-bond donors (Lipinski definition) is 0. The van der Waals surface area contributed by atoms with Gasteiger partial charge in [0.1, 0.15) is 26.4 Å². The molecule has 0 rings (SSSR count). The highest BCUT2D eigenvalue weighted by Crippen LogP contribution is 1.94. The average Bonchev–Trinajstić information content (AvgIpc) is 2.46. The van der Waals surface area contributed by atoms with Crippen LogP contribution < -0.4 is 0 Å². The number of rotatable bonds is 8. The van der Waals surface area contributed by atoms with E-state index in [0.717, 1.165) is 0 Å². The van der Waals surface area contributed by atoms with Crippen LogP contribution in [0.5, 0.6) is 0 Å². The van der Waals surface area contributed by atoms with Crippen LogP contribution in [0.4, 0.5) is 0 Å². The minimum atomic E-state index is -1.24. The summed E-state index contributed by atoms with van der Waals surface area (Å²) >= 11 is 0. The number of carbonyl (C=O) groups excluding carboxylic acids is 4. The van der Waals surface area contributed by atoms with Crippen LogP contribution in [-0.2, 0) is 38.1 Å². The third-order valence-electron chi connectivity index (χ3n) is 1.96. The Balaban J connectivity index is 3.78. The number of ether oxygens (including phenoxy) is 4. The third-order valence-corrected chi connectivity index (χ3v) is 1.96. The molecule has 122 valence electrons. The molecular formula is C14H18O8. The predicted molar refractivity (Wildman–Crippen MR) is 73.5 cm³/mol. The zero-order valence-corrected chi connectivity index (χ0v) is 12.5. The molecule has 0 aliphatic rings. The first-order valence-corrected chi connectivity index (χ1v) is 6.24. The third kappa shape index (κ3) is 8.51. The molecule has 0 aliphatic carbocycles. The number of hydrogen-bond acceptors (Lipinski definition) is 8. The Bertz CT molecular complexity index is 433. The van der Waals surface area contributed by atoms with Gasteiger partial charge in [-0.15, -0.1) is 0 Å². The van der Waals surface area contributed by atoms with Crippen molar-refractivity contribution in [3.63, 3.8) is 0 Å². The lowest BCUT2D eigenvalue weighted by Crippen LogP contribution is -2.24. The Morgan fingerprint density at radius 1 is 0.591 bits per heavy atom. The fraction of sp³-hybridized carbons (Fsp3) is 0.429. The van der Waals surface area contributed by atoms with Crippen molar-refractivity contribution in [2.24, 2.45) is 0 Å². The first kappa shape index (κ1) is 19.4. The van der Waals surface area contributed by atoms with Gasteiger partial charge in [-0.1, -0.05) is 13.2 Å². The fourth-order valence-electron chi connectivity index (χ4n) is 0.902. The number of esters is 4. The minimum Gasteiger partial charge on any atom is -0.459 e. The van der Waals surface area contributed by atoms with E-state index >= 15 is 0 Å². The highest BCUT2D eigenvalue weighted by Gasteiger charge is 2.17. The molecule has 0 bridgehead atoms. The zero-order valence-electron chi connectivity index (χ0n) is 12.5. The molecule has 0 radical (unpaired) electrons. The van der Waals surface area contributed by atoms with Gasteiger partial charge in [-0.05, 0) is 13.8 Å². The maximum Gasteiger partial charge on any atom is 0.417 e. The molecule has 8 nitrogen and oxygen atoms in total. The van der Waals surface area contributed by atoms with Crippen LogP contribution in [0.2, 0.25) is 0 Å². The molecule has 22 heavy (non-hydrogen) atoms. The quantitative estimate of drug-likeness (QED) is 0.207. The van der Waals surface area contributed by atoms with Gasteiger partial charge < -0.3 is 18.9 Å². The molecule has 0 aromatic rings. The van der Waals surface area contributed by atoms with Gasteiger partial charge in [-0.3, -0.25) is 0 Å². The van der Waals surface area contributed by atoms with Gasteiger partial charge in [0.2, 0.25) is 0 Å². The molecule has 0 saturated carbocycles. The van der Waals surface area contributed by atoms with Crippen molar-refractivity contribution in [3.8, 4) is 0 Å². The summed E-state index contributed by atoms with van der Waals surface area (Å²) in [5, 5.41) is 0. The van der Waals surface area contributed by atoms with E-state index in [0.29, 0.717) is 0 Å². The average molecular weight is 314 g/mol. The summed E-state index contributed by atoms with van der Waals surface area (Å²) in [6.07, 6.45) is 0. The van der Waals surface area contributed by atoms with Gasteiger partial charge in [-0.2, -0.15) is 0 Å². The first-order chi connectivity index (χ1) is 10.3. The highest BCUT2D eigenvalue weighted by atomic mass is 16.6. The topological polar surface area (TPSA) is 105 Å². The summed E-state index contributed by atoms with van der Waals surface area (Å²) in [6.45, 7) is 8.66. The summed E-state index contributed by atoms with van der Waals surface area (Å²) < 4.78 is 18.3. The molecule has 0 amide bonds. The lowest BCUT2D eigenvalue weighted by Gasteiger charge is -2.07. The van der Waals surface area contributed by atoms with Crippen LogP contribution in [0, 0.1) is 0 Å². The molecule has 0 heterocycles. The molecule has 0 saturated heterocycles. The van der Waals surface area contributed by atoms with Gasteiger partial charge in [0, 0.05) is 11.1 Å². The summed E-state index contributed by atoms with van der Waals surface area (Å²) in [5.41, 5.74) is 0.407. The van der Waals surface area contributed by atoms with Crippen LogP contribution in [0.1, 0.15) is 13.8 Å². The molecule has 8 heteroatoms. The molecular weight excluding hydrogens is 296 g/mol.